The SMILES string of the molecule is Cn1c(=O)c(C#N)c(N2CCC(c3cccnc3)CC2)c2ccccc21. The minimum Gasteiger partial charge on any atom is -0.370 e. The monoisotopic (exact) mass is 344 g/mol. The molecular weight excluding hydrogens is 324 g/mol. The summed E-state index contributed by atoms with van der Waals surface area (Å²) in [5.41, 5.74) is 2.93. The molecule has 1 saturated heterocycles. The number of fused-ring (bicyclic) bond motifs is 1. The fourth-order valence-corrected chi connectivity index (χ4v) is 3.96. The average molecular weight is 344 g/mol. The quantitative estimate of drug-likeness (QED) is 0.716. The molecule has 0 atom stereocenters. The van der Waals surface area contributed by atoms with Crippen molar-refractivity contribution in [1.29, 1.82) is 5.26 Å². The van der Waals surface area contributed by atoms with Crippen molar-refractivity contribution in [2.75, 3.05) is 18.0 Å². The maximum Gasteiger partial charge on any atom is 0.270 e. The average Bonchev–Trinajstić information content (AvgIpc) is 2.71. The molecule has 1 aromatic carbocycles. The second-order valence-electron chi connectivity index (χ2n) is 6.76. The Morgan fingerprint density at radius 3 is 2.62 bits per heavy atom. The van der Waals surface area contributed by atoms with Crippen LogP contribution in [0.4, 0.5) is 5.69 Å². The third kappa shape index (κ3) is 2.64. The molecule has 0 N–H and O–H groups in total. The van der Waals surface area contributed by atoms with Crippen LogP contribution in [0.3, 0.4) is 0 Å². The number of benzene rings is 1. The van der Waals surface area contributed by atoms with Gasteiger partial charge in [0.05, 0.1) is 11.2 Å². The lowest BCUT2D eigenvalue weighted by Gasteiger charge is -2.35. The maximum absolute atomic E-state index is 12.7. The second-order valence-corrected chi connectivity index (χ2v) is 6.76. The normalized spacial score (nSPS) is 15.2. The molecule has 5 heteroatoms. The van der Waals surface area contributed by atoms with Crippen LogP contribution in [0.5, 0.6) is 0 Å². The van der Waals surface area contributed by atoms with E-state index >= 15 is 0 Å². The van der Waals surface area contributed by atoms with Gasteiger partial charge in [-0.2, -0.15) is 5.26 Å². The highest BCUT2D eigenvalue weighted by Crippen LogP contribution is 2.34. The van der Waals surface area contributed by atoms with E-state index in [1.54, 1.807) is 17.8 Å². The number of pyridine rings is 2. The van der Waals surface area contributed by atoms with E-state index < -0.39 is 0 Å². The molecule has 1 aliphatic rings. The molecule has 1 aliphatic heterocycles. The molecule has 0 saturated carbocycles. The van der Waals surface area contributed by atoms with E-state index in [1.165, 1.54) is 5.56 Å². The molecule has 0 bridgehead atoms. The zero-order valence-electron chi connectivity index (χ0n) is 14.7. The summed E-state index contributed by atoms with van der Waals surface area (Å²) >= 11 is 0. The summed E-state index contributed by atoms with van der Waals surface area (Å²) in [6.07, 6.45) is 5.71. The molecule has 3 aromatic rings. The number of hydrogen-bond acceptors (Lipinski definition) is 4. The van der Waals surface area contributed by atoms with E-state index in [0.717, 1.165) is 42.5 Å². The zero-order chi connectivity index (χ0) is 18.1. The number of rotatable bonds is 2. The summed E-state index contributed by atoms with van der Waals surface area (Å²) in [6.45, 7) is 1.65. The van der Waals surface area contributed by atoms with Crippen molar-refractivity contribution in [2.24, 2.45) is 7.05 Å². The van der Waals surface area contributed by atoms with E-state index in [2.05, 4.69) is 22.0 Å². The molecule has 0 aliphatic carbocycles. The number of aromatic nitrogens is 2. The van der Waals surface area contributed by atoms with Crippen LogP contribution in [0, 0.1) is 11.3 Å². The maximum atomic E-state index is 12.7. The first kappa shape index (κ1) is 16.3. The Balaban J connectivity index is 1.73. The molecule has 4 rings (SSSR count). The van der Waals surface area contributed by atoms with Crippen LogP contribution < -0.4 is 10.5 Å². The Labute approximate surface area is 152 Å². The molecule has 5 nitrogen and oxygen atoms in total. The third-order valence-electron chi connectivity index (χ3n) is 5.35. The van der Waals surface area contributed by atoms with E-state index in [1.807, 2.05) is 36.5 Å². The Hall–Kier alpha value is -3.13. The van der Waals surface area contributed by atoms with Gasteiger partial charge in [0.25, 0.3) is 5.56 Å². The molecule has 0 spiro atoms. The number of anilines is 1. The van der Waals surface area contributed by atoms with Gasteiger partial charge in [0.1, 0.15) is 11.6 Å². The highest BCUT2D eigenvalue weighted by atomic mass is 16.1. The number of para-hydroxylation sites is 1. The number of aryl methyl sites for hydroxylation is 1. The molecule has 0 unspecified atom stereocenters. The number of nitriles is 1. The van der Waals surface area contributed by atoms with Gasteiger partial charge in [0.15, 0.2) is 0 Å². The highest BCUT2D eigenvalue weighted by molar-refractivity contribution is 5.94. The first-order chi connectivity index (χ1) is 12.7. The van der Waals surface area contributed by atoms with Crippen molar-refractivity contribution < 1.29 is 0 Å². The minimum atomic E-state index is -0.226. The molecule has 1 fully saturated rings. The first-order valence-electron chi connectivity index (χ1n) is 8.87. The van der Waals surface area contributed by atoms with Gasteiger partial charge in [-0.1, -0.05) is 24.3 Å². The molecule has 2 aromatic heterocycles. The molecule has 0 radical (unpaired) electrons. The van der Waals surface area contributed by atoms with Crippen molar-refractivity contribution in [2.45, 2.75) is 18.8 Å². The fraction of sp³-hybridized carbons (Fsp3) is 0.286. The van der Waals surface area contributed by atoms with Crippen molar-refractivity contribution in [3.05, 3.63) is 70.3 Å². The van der Waals surface area contributed by atoms with E-state index in [4.69, 9.17) is 0 Å². The molecule has 0 amide bonds. The Bertz CT molecular complexity index is 1040. The Kier molecular flexibility index (Phi) is 4.18. The lowest BCUT2D eigenvalue weighted by atomic mass is 9.90. The van der Waals surface area contributed by atoms with Crippen LogP contribution in [-0.4, -0.2) is 22.6 Å². The van der Waals surface area contributed by atoms with Gasteiger partial charge >= 0.3 is 0 Å². The fourth-order valence-electron chi connectivity index (χ4n) is 3.96. The molecular formula is C21H20N4O. The van der Waals surface area contributed by atoms with Crippen molar-refractivity contribution in [3.8, 4) is 6.07 Å². The Morgan fingerprint density at radius 2 is 1.92 bits per heavy atom. The largest absolute Gasteiger partial charge is 0.370 e. The Morgan fingerprint density at radius 1 is 1.15 bits per heavy atom. The van der Waals surface area contributed by atoms with Crippen LogP contribution in [-0.2, 0) is 7.05 Å². The summed E-state index contributed by atoms with van der Waals surface area (Å²) in [7, 11) is 1.73. The summed E-state index contributed by atoms with van der Waals surface area (Å²) in [5, 5.41) is 10.6. The molecule has 26 heavy (non-hydrogen) atoms. The van der Waals surface area contributed by atoms with Crippen LogP contribution in [0.15, 0.2) is 53.6 Å². The van der Waals surface area contributed by atoms with Crippen LogP contribution in [0.25, 0.3) is 10.9 Å². The number of hydrogen-bond donors (Lipinski definition) is 0. The predicted octanol–water partition coefficient (Wildman–Crippen LogP) is 3.19. The lowest BCUT2D eigenvalue weighted by molar-refractivity contribution is 0.504. The predicted molar refractivity (Wildman–Crippen MR) is 102 cm³/mol. The summed E-state index contributed by atoms with van der Waals surface area (Å²) < 4.78 is 1.57. The number of piperidine rings is 1. The molecule has 130 valence electrons. The van der Waals surface area contributed by atoms with Crippen LogP contribution >= 0.6 is 0 Å². The van der Waals surface area contributed by atoms with Crippen molar-refractivity contribution >= 4 is 16.6 Å². The molecule has 3 heterocycles. The van der Waals surface area contributed by atoms with Gasteiger partial charge in [-0.3, -0.25) is 9.78 Å². The van der Waals surface area contributed by atoms with Crippen molar-refractivity contribution in [1.82, 2.24) is 9.55 Å². The second kappa shape index (κ2) is 6.64. The summed E-state index contributed by atoms with van der Waals surface area (Å²) in [6, 6.07) is 14.1. The first-order valence-corrected chi connectivity index (χ1v) is 8.87. The van der Waals surface area contributed by atoms with Gasteiger partial charge in [0, 0.05) is 37.9 Å². The van der Waals surface area contributed by atoms with Crippen LogP contribution in [0.2, 0.25) is 0 Å². The summed E-state index contributed by atoms with van der Waals surface area (Å²) in [5.74, 6) is 0.475. The third-order valence-corrected chi connectivity index (χ3v) is 5.35. The number of nitrogens with zero attached hydrogens (tertiary/aromatic N) is 4. The zero-order valence-corrected chi connectivity index (χ0v) is 14.7. The van der Waals surface area contributed by atoms with Crippen molar-refractivity contribution in [3.63, 3.8) is 0 Å². The highest BCUT2D eigenvalue weighted by Gasteiger charge is 2.25. The van der Waals surface area contributed by atoms with E-state index in [9.17, 15) is 10.1 Å². The van der Waals surface area contributed by atoms with Gasteiger partial charge in [-0.25, -0.2) is 0 Å². The summed E-state index contributed by atoms with van der Waals surface area (Å²) in [4.78, 5) is 19.1. The topological polar surface area (TPSA) is 61.9 Å². The minimum absolute atomic E-state index is 0.226. The van der Waals surface area contributed by atoms with Gasteiger partial charge < -0.3 is 9.47 Å². The lowest BCUT2D eigenvalue weighted by Crippen LogP contribution is -2.35. The van der Waals surface area contributed by atoms with E-state index in [0.29, 0.717) is 5.92 Å². The van der Waals surface area contributed by atoms with Gasteiger partial charge in [0.2, 0.25) is 0 Å². The van der Waals surface area contributed by atoms with Crippen LogP contribution in [0.1, 0.15) is 29.9 Å². The van der Waals surface area contributed by atoms with Gasteiger partial charge in [-0.15, -0.1) is 0 Å². The van der Waals surface area contributed by atoms with Gasteiger partial charge in [-0.05, 0) is 36.5 Å². The van der Waals surface area contributed by atoms with E-state index in [-0.39, 0.29) is 11.1 Å². The standard InChI is InChI=1S/C21H20N4O/c1-24-19-7-3-2-6-17(19)20(18(13-22)21(24)26)25-11-8-15(9-12-25)16-5-4-10-23-14-16/h2-7,10,14-15H,8-9,11-12H2,1H3. The smallest absolute Gasteiger partial charge is 0.270 e.